The molecule has 0 radical (unpaired) electrons. The van der Waals surface area contributed by atoms with Gasteiger partial charge in [0.1, 0.15) is 23.2 Å². The molecular weight excluding hydrogens is 280 g/mol. The van der Waals surface area contributed by atoms with Crippen LogP contribution in [0.5, 0.6) is 0 Å². The van der Waals surface area contributed by atoms with E-state index in [1.165, 1.54) is 0 Å². The maximum atomic E-state index is 11.5. The minimum atomic E-state index is -0.847. The molecule has 2 heterocycles. The van der Waals surface area contributed by atoms with Crippen molar-refractivity contribution >= 4 is 18.1 Å². The van der Waals surface area contributed by atoms with E-state index in [4.69, 9.17) is 8.83 Å². The molecule has 1 unspecified atom stereocenters. The van der Waals surface area contributed by atoms with Crippen LogP contribution >= 0.6 is 0 Å². The average molecular weight is 302 g/mol. The first-order chi connectivity index (χ1) is 10.3. The monoisotopic (exact) mass is 302 g/mol. The molecule has 22 heavy (non-hydrogen) atoms. The minimum Gasteiger partial charge on any atom is -0.481 e. The van der Waals surface area contributed by atoms with Crippen LogP contribution in [0.3, 0.4) is 0 Å². The number of hydrogen-bond acceptors (Lipinski definition) is 3. The second-order valence-corrected chi connectivity index (χ2v) is 6.58. The zero-order valence-corrected chi connectivity index (χ0v) is 13.2. The molecule has 0 fully saturated rings. The summed E-state index contributed by atoms with van der Waals surface area (Å²) in [7, 11) is 0. The van der Waals surface area contributed by atoms with Crippen molar-refractivity contribution in [3.05, 3.63) is 47.8 Å². The first kappa shape index (κ1) is 16.1. The van der Waals surface area contributed by atoms with Crippen LogP contribution in [0.1, 0.15) is 56.8 Å². The Labute approximate surface area is 130 Å². The van der Waals surface area contributed by atoms with Gasteiger partial charge in [-0.1, -0.05) is 20.8 Å². The second-order valence-electron chi connectivity index (χ2n) is 6.58. The average Bonchev–Trinajstić information content (AvgIpc) is 3.06. The van der Waals surface area contributed by atoms with Crippen LogP contribution in [0.4, 0.5) is 0 Å². The van der Waals surface area contributed by atoms with Gasteiger partial charge in [-0.25, -0.2) is 0 Å². The molecule has 0 saturated heterocycles. The third-order valence-electron chi connectivity index (χ3n) is 3.43. The third kappa shape index (κ3) is 4.65. The Hall–Kier alpha value is -2.23. The Morgan fingerprint density at radius 3 is 2.55 bits per heavy atom. The van der Waals surface area contributed by atoms with Crippen LogP contribution in [0.25, 0.3) is 12.2 Å². The molecule has 0 aliphatic carbocycles. The van der Waals surface area contributed by atoms with Crippen molar-refractivity contribution in [2.75, 3.05) is 0 Å². The van der Waals surface area contributed by atoms with Crippen molar-refractivity contribution < 1.29 is 18.7 Å². The van der Waals surface area contributed by atoms with Gasteiger partial charge in [-0.2, -0.15) is 0 Å². The highest BCUT2D eigenvalue weighted by Crippen LogP contribution is 2.30. The predicted octanol–water partition coefficient (Wildman–Crippen LogP) is 5.04. The molecule has 0 spiro atoms. The van der Waals surface area contributed by atoms with Crippen molar-refractivity contribution in [3.8, 4) is 0 Å². The quantitative estimate of drug-likeness (QED) is 0.812. The second kappa shape index (κ2) is 6.69. The first-order valence-electron chi connectivity index (χ1n) is 7.39. The fourth-order valence-corrected chi connectivity index (χ4v) is 2.16. The van der Waals surface area contributed by atoms with E-state index in [9.17, 15) is 9.90 Å². The third-order valence-corrected chi connectivity index (χ3v) is 3.43. The molecule has 1 atom stereocenters. The van der Waals surface area contributed by atoms with Crippen molar-refractivity contribution in [3.63, 3.8) is 0 Å². The number of carboxylic acid groups (broad SMARTS) is 1. The minimum absolute atomic E-state index is 0.0995. The first-order valence-corrected chi connectivity index (χ1v) is 7.39. The van der Waals surface area contributed by atoms with Gasteiger partial charge in [-0.3, -0.25) is 4.79 Å². The van der Waals surface area contributed by atoms with Gasteiger partial charge >= 0.3 is 5.97 Å². The van der Waals surface area contributed by atoms with Crippen LogP contribution in [0, 0.1) is 5.41 Å². The summed E-state index contributed by atoms with van der Waals surface area (Å²) in [4.78, 5) is 11.5. The molecule has 0 amide bonds. The standard InChI is InChI=1S/C18H22O4/c1-18(2,3)11-10-15(17(19)20)16-9-8-14(22-16)7-6-13-5-4-12-21-13/h4-9,12,15H,10-11H2,1-3H3,(H,19,20)/b7-6+. The van der Waals surface area contributed by atoms with E-state index in [2.05, 4.69) is 20.8 Å². The smallest absolute Gasteiger partial charge is 0.314 e. The van der Waals surface area contributed by atoms with Gasteiger partial charge in [0.15, 0.2) is 0 Å². The number of aliphatic carboxylic acids is 1. The maximum Gasteiger partial charge on any atom is 0.314 e. The molecule has 0 bridgehead atoms. The van der Waals surface area contributed by atoms with E-state index in [0.717, 1.165) is 12.2 Å². The summed E-state index contributed by atoms with van der Waals surface area (Å²) in [5.74, 6) is 0.384. The highest BCUT2D eigenvalue weighted by molar-refractivity contribution is 5.75. The molecule has 0 aromatic carbocycles. The fraction of sp³-hybridized carbons (Fsp3) is 0.389. The van der Waals surface area contributed by atoms with Gasteiger partial charge in [0.05, 0.1) is 6.26 Å². The molecule has 2 aromatic heterocycles. The van der Waals surface area contributed by atoms with Gasteiger partial charge < -0.3 is 13.9 Å². The van der Waals surface area contributed by atoms with Gasteiger partial charge in [0.2, 0.25) is 0 Å². The van der Waals surface area contributed by atoms with Crippen LogP contribution in [0.2, 0.25) is 0 Å². The van der Waals surface area contributed by atoms with Gasteiger partial charge in [0.25, 0.3) is 0 Å². The van der Waals surface area contributed by atoms with E-state index in [1.54, 1.807) is 36.6 Å². The van der Waals surface area contributed by atoms with E-state index < -0.39 is 11.9 Å². The van der Waals surface area contributed by atoms with Gasteiger partial charge in [-0.15, -0.1) is 0 Å². The summed E-state index contributed by atoms with van der Waals surface area (Å²) in [5, 5.41) is 9.42. The fourth-order valence-electron chi connectivity index (χ4n) is 2.16. The Morgan fingerprint density at radius 1 is 1.23 bits per heavy atom. The molecule has 2 rings (SSSR count). The molecule has 1 N–H and O–H groups in total. The zero-order valence-electron chi connectivity index (χ0n) is 13.2. The lowest BCUT2D eigenvalue weighted by Crippen LogP contribution is -2.14. The molecule has 2 aromatic rings. The van der Waals surface area contributed by atoms with E-state index in [0.29, 0.717) is 17.9 Å². The van der Waals surface area contributed by atoms with Crippen molar-refractivity contribution in [1.82, 2.24) is 0 Å². The van der Waals surface area contributed by atoms with E-state index in [-0.39, 0.29) is 5.41 Å². The van der Waals surface area contributed by atoms with Crippen LogP contribution in [0.15, 0.2) is 39.4 Å². The summed E-state index contributed by atoms with van der Waals surface area (Å²) >= 11 is 0. The Kier molecular flexibility index (Phi) is 4.91. The maximum absolute atomic E-state index is 11.5. The van der Waals surface area contributed by atoms with Crippen molar-refractivity contribution in [2.24, 2.45) is 5.41 Å². The summed E-state index contributed by atoms with van der Waals surface area (Å²) in [6.45, 7) is 6.31. The van der Waals surface area contributed by atoms with Crippen molar-refractivity contribution in [1.29, 1.82) is 0 Å². The predicted molar refractivity (Wildman–Crippen MR) is 85.4 cm³/mol. The lowest BCUT2D eigenvalue weighted by molar-refractivity contribution is -0.139. The lowest BCUT2D eigenvalue weighted by atomic mass is 9.86. The van der Waals surface area contributed by atoms with Gasteiger partial charge in [-0.05, 0) is 54.7 Å². The highest BCUT2D eigenvalue weighted by Gasteiger charge is 2.25. The largest absolute Gasteiger partial charge is 0.481 e. The summed E-state index contributed by atoms with van der Waals surface area (Å²) in [6.07, 6.45) is 6.54. The number of carboxylic acids is 1. The highest BCUT2D eigenvalue weighted by atomic mass is 16.4. The van der Waals surface area contributed by atoms with Crippen LogP contribution in [-0.2, 0) is 4.79 Å². The molecule has 4 heteroatoms. The molecule has 0 aliphatic rings. The SMILES string of the molecule is CC(C)(C)CCC(C(=O)O)c1ccc(/C=C/c2ccco2)o1. The summed E-state index contributed by atoms with van der Waals surface area (Å²) < 4.78 is 10.9. The Balaban J connectivity index is 2.08. The summed E-state index contributed by atoms with van der Waals surface area (Å²) in [6, 6.07) is 7.16. The number of rotatable bonds is 6. The molecule has 0 saturated carbocycles. The van der Waals surface area contributed by atoms with Gasteiger partial charge in [0, 0.05) is 0 Å². The molecule has 118 valence electrons. The van der Waals surface area contributed by atoms with Crippen molar-refractivity contribution in [2.45, 2.75) is 39.5 Å². The van der Waals surface area contributed by atoms with Crippen LogP contribution < -0.4 is 0 Å². The molecule has 4 nitrogen and oxygen atoms in total. The van der Waals surface area contributed by atoms with E-state index >= 15 is 0 Å². The Bertz CT molecular complexity index is 626. The number of furan rings is 2. The number of carbonyl (C=O) groups is 1. The normalized spacial score (nSPS) is 13.6. The Morgan fingerprint density at radius 2 is 1.95 bits per heavy atom. The van der Waals surface area contributed by atoms with E-state index in [1.807, 2.05) is 6.07 Å². The van der Waals surface area contributed by atoms with Crippen LogP contribution in [-0.4, -0.2) is 11.1 Å². The summed E-state index contributed by atoms with van der Waals surface area (Å²) in [5.41, 5.74) is 0.0995. The number of hydrogen-bond donors (Lipinski definition) is 1. The molecule has 0 aliphatic heterocycles. The zero-order chi connectivity index (χ0) is 16.2. The molecular formula is C18H22O4. The lowest BCUT2D eigenvalue weighted by Gasteiger charge is -2.20. The topological polar surface area (TPSA) is 63.6 Å².